The maximum Gasteiger partial charge on any atom is 0.324 e. The summed E-state index contributed by atoms with van der Waals surface area (Å²) in [6, 6.07) is 9.52. The third-order valence-electron chi connectivity index (χ3n) is 5.25. The van der Waals surface area contributed by atoms with Crippen molar-refractivity contribution >= 4 is 34.4 Å². The van der Waals surface area contributed by atoms with Gasteiger partial charge in [-0.25, -0.2) is 13.6 Å². The highest BCUT2D eigenvalue weighted by atomic mass is 19.2. The number of carbonyl (C=O) groups excluding carboxylic acids is 3. The summed E-state index contributed by atoms with van der Waals surface area (Å²) in [6.45, 7) is 0.226. The number of halogens is 2. The molecule has 9 heteroatoms. The van der Waals surface area contributed by atoms with E-state index in [1.807, 2.05) is 30.5 Å². The fourth-order valence-electron chi connectivity index (χ4n) is 3.63. The second-order valence-corrected chi connectivity index (χ2v) is 7.32. The van der Waals surface area contributed by atoms with E-state index in [9.17, 15) is 23.2 Å². The minimum absolute atomic E-state index is 0.0635. The fraction of sp³-hybridized carbons (Fsp3) is 0.227. The largest absolute Gasteiger partial charge is 0.361 e. The maximum absolute atomic E-state index is 13.2. The van der Waals surface area contributed by atoms with Gasteiger partial charge in [0.1, 0.15) is 6.04 Å². The topological polar surface area (TPSA) is 94.3 Å². The smallest absolute Gasteiger partial charge is 0.324 e. The SMILES string of the molecule is O=C(CCC1NC(=O)N(CCc2c[nH]c3ccccc23)C1=O)Nc1ccc(F)c(F)c1. The van der Waals surface area contributed by atoms with Gasteiger partial charge in [-0.15, -0.1) is 0 Å². The van der Waals surface area contributed by atoms with Crippen molar-refractivity contribution in [2.75, 3.05) is 11.9 Å². The molecule has 7 nitrogen and oxygen atoms in total. The summed E-state index contributed by atoms with van der Waals surface area (Å²) in [5.74, 6) is -2.93. The number of hydrogen-bond acceptors (Lipinski definition) is 3. The molecule has 31 heavy (non-hydrogen) atoms. The Morgan fingerprint density at radius 1 is 1.10 bits per heavy atom. The monoisotopic (exact) mass is 426 g/mol. The van der Waals surface area contributed by atoms with Gasteiger partial charge in [-0.1, -0.05) is 18.2 Å². The quantitative estimate of drug-likeness (QED) is 0.506. The van der Waals surface area contributed by atoms with Gasteiger partial charge in [-0.05, 0) is 36.6 Å². The van der Waals surface area contributed by atoms with Crippen molar-refractivity contribution in [2.45, 2.75) is 25.3 Å². The number of fused-ring (bicyclic) bond motifs is 1. The van der Waals surface area contributed by atoms with E-state index in [1.165, 1.54) is 6.07 Å². The highest BCUT2D eigenvalue weighted by Crippen LogP contribution is 2.20. The fourth-order valence-corrected chi connectivity index (χ4v) is 3.63. The number of amides is 4. The Morgan fingerprint density at radius 2 is 1.90 bits per heavy atom. The number of carbonyl (C=O) groups is 3. The molecule has 1 atom stereocenters. The summed E-state index contributed by atoms with van der Waals surface area (Å²) in [5.41, 5.74) is 2.11. The van der Waals surface area contributed by atoms with Gasteiger partial charge in [0.25, 0.3) is 5.91 Å². The standard InChI is InChI=1S/C22H20F2N4O3/c23-16-6-5-14(11-17(16)24)26-20(29)8-7-19-21(30)28(22(31)27-19)10-9-13-12-25-18-4-2-1-3-15(13)18/h1-6,11-12,19,25H,7-10H2,(H,26,29)(H,27,31). The third-order valence-corrected chi connectivity index (χ3v) is 5.25. The molecular formula is C22H20F2N4O3. The van der Waals surface area contributed by atoms with Crippen LogP contribution in [0.3, 0.4) is 0 Å². The minimum Gasteiger partial charge on any atom is -0.361 e. The van der Waals surface area contributed by atoms with Crippen LogP contribution in [0.25, 0.3) is 10.9 Å². The molecular weight excluding hydrogens is 406 g/mol. The first-order valence-corrected chi connectivity index (χ1v) is 9.84. The van der Waals surface area contributed by atoms with Crippen LogP contribution in [-0.2, 0) is 16.0 Å². The number of anilines is 1. The summed E-state index contributed by atoms with van der Waals surface area (Å²) >= 11 is 0. The van der Waals surface area contributed by atoms with E-state index in [4.69, 9.17) is 0 Å². The van der Waals surface area contributed by atoms with Gasteiger partial charge < -0.3 is 15.6 Å². The van der Waals surface area contributed by atoms with Gasteiger partial charge in [0.15, 0.2) is 11.6 Å². The maximum atomic E-state index is 13.2. The zero-order chi connectivity index (χ0) is 22.0. The van der Waals surface area contributed by atoms with Crippen molar-refractivity contribution in [2.24, 2.45) is 0 Å². The number of urea groups is 1. The number of rotatable bonds is 7. The lowest BCUT2D eigenvalue weighted by Gasteiger charge is -2.12. The van der Waals surface area contributed by atoms with Crippen molar-refractivity contribution in [3.63, 3.8) is 0 Å². The number of nitrogens with one attached hydrogen (secondary N) is 3. The molecule has 3 N–H and O–H groups in total. The van der Waals surface area contributed by atoms with Crippen LogP contribution < -0.4 is 10.6 Å². The number of benzene rings is 2. The minimum atomic E-state index is -1.07. The molecule has 3 aromatic rings. The molecule has 1 aliphatic rings. The summed E-state index contributed by atoms with van der Waals surface area (Å²) < 4.78 is 26.2. The Balaban J connectivity index is 1.30. The first-order chi connectivity index (χ1) is 14.9. The van der Waals surface area contributed by atoms with Crippen LogP contribution in [0.2, 0.25) is 0 Å². The molecule has 4 rings (SSSR count). The molecule has 160 valence electrons. The van der Waals surface area contributed by atoms with E-state index < -0.39 is 29.6 Å². The van der Waals surface area contributed by atoms with Crippen molar-refractivity contribution < 1.29 is 23.2 Å². The van der Waals surface area contributed by atoms with Crippen LogP contribution >= 0.6 is 0 Å². The Hall–Kier alpha value is -3.75. The molecule has 2 heterocycles. The zero-order valence-corrected chi connectivity index (χ0v) is 16.5. The lowest BCUT2D eigenvalue weighted by Crippen LogP contribution is -2.33. The molecule has 2 aromatic carbocycles. The summed E-state index contributed by atoms with van der Waals surface area (Å²) in [5, 5.41) is 6.08. The first-order valence-electron chi connectivity index (χ1n) is 9.84. The van der Waals surface area contributed by atoms with Gasteiger partial charge in [0, 0.05) is 41.8 Å². The molecule has 1 aliphatic heterocycles. The molecule has 1 fully saturated rings. The molecule has 0 saturated carbocycles. The van der Waals surface area contributed by atoms with Gasteiger partial charge in [-0.3, -0.25) is 14.5 Å². The van der Waals surface area contributed by atoms with Crippen LogP contribution in [0.4, 0.5) is 19.3 Å². The van der Waals surface area contributed by atoms with Gasteiger partial charge in [0.2, 0.25) is 5.91 Å². The van der Waals surface area contributed by atoms with Crippen LogP contribution in [0, 0.1) is 11.6 Å². The number of imide groups is 1. The van der Waals surface area contributed by atoms with Gasteiger partial charge in [-0.2, -0.15) is 0 Å². The Kier molecular flexibility index (Phi) is 5.66. The van der Waals surface area contributed by atoms with Crippen LogP contribution in [-0.4, -0.2) is 40.3 Å². The van der Waals surface area contributed by atoms with E-state index in [0.717, 1.165) is 33.5 Å². The van der Waals surface area contributed by atoms with Crippen LogP contribution in [0.15, 0.2) is 48.7 Å². The number of aromatic amines is 1. The molecule has 0 bridgehead atoms. The van der Waals surface area contributed by atoms with Crippen molar-refractivity contribution in [3.05, 3.63) is 65.9 Å². The molecule has 4 amide bonds. The van der Waals surface area contributed by atoms with Crippen molar-refractivity contribution in [1.82, 2.24) is 15.2 Å². The number of hydrogen-bond donors (Lipinski definition) is 3. The first kappa shape index (κ1) is 20.5. The van der Waals surface area contributed by atoms with Gasteiger partial charge in [0.05, 0.1) is 0 Å². The summed E-state index contributed by atoms with van der Waals surface area (Å²) in [7, 11) is 0. The third kappa shape index (κ3) is 4.40. The van der Waals surface area contributed by atoms with E-state index in [2.05, 4.69) is 15.6 Å². The zero-order valence-electron chi connectivity index (χ0n) is 16.5. The number of H-pyrrole nitrogens is 1. The van der Waals surface area contributed by atoms with Crippen LogP contribution in [0.5, 0.6) is 0 Å². The predicted molar refractivity (Wildman–Crippen MR) is 110 cm³/mol. The molecule has 0 spiro atoms. The molecule has 0 aliphatic carbocycles. The Bertz CT molecular complexity index is 1160. The van der Waals surface area contributed by atoms with Crippen molar-refractivity contribution in [3.8, 4) is 0 Å². The van der Waals surface area contributed by atoms with E-state index in [0.29, 0.717) is 6.42 Å². The van der Waals surface area contributed by atoms with E-state index >= 15 is 0 Å². The molecule has 1 unspecified atom stereocenters. The molecule has 1 aromatic heterocycles. The second kappa shape index (κ2) is 8.55. The Labute approximate surface area is 176 Å². The number of aromatic nitrogens is 1. The number of nitrogens with zero attached hydrogens (tertiary/aromatic N) is 1. The van der Waals surface area contributed by atoms with E-state index in [1.54, 1.807) is 0 Å². The highest BCUT2D eigenvalue weighted by Gasteiger charge is 2.37. The Morgan fingerprint density at radius 3 is 2.71 bits per heavy atom. The van der Waals surface area contributed by atoms with Crippen molar-refractivity contribution in [1.29, 1.82) is 0 Å². The average molecular weight is 426 g/mol. The van der Waals surface area contributed by atoms with Crippen LogP contribution in [0.1, 0.15) is 18.4 Å². The highest BCUT2D eigenvalue weighted by molar-refractivity contribution is 6.04. The normalized spacial score (nSPS) is 16.1. The predicted octanol–water partition coefficient (Wildman–Crippen LogP) is 3.33. The molecule has 0 radical (unpaired) electrons. The van der Waals surface area contributed by atoms with Gasteiger partial charge >= 0.3 is 6.03 Å². The molecule has 1 saturated heterocycles. The average Bonchev–Trinajstić information content (AvgIpc) is 3.28. The number of para-hydroxylation sites is 1. The summed E-state index contributed by atoms with van der Waals surface area (Å²) in [4.78, 5) is 41.2. The lowest BCUT2D eigenvalue weighted by molar-refractivity contribution is -0.127. The lowest BCUT2D eigenvalue weighted by atomic mass is 10.1. The van der Waals surface area contributed by atoms with E-state index in [-0.39, 0.29) is 31.0 Å². The second-order valence-electron chi connectivity index (χ2n) is 7.32. The summed E-state index contributed by atoms with van der Waals surface area (Å²) in [6.07, 6.45) is 2.41.